The molecule has 2 rings (SSSR count). The molecule has 32 heavy (non-hydrogen) atoms. The van der Waals surface area contributed by atoms with Gasteiger partial charge in [-0.05, 0) is 6.07 Å². The second kappa shape index (κ2) is 10.8. The number of hydrogen-bond acceptors (Lipinski definition) is 8. The minimum atomic E-state index is -1.12. The average Bonchev–Trinajstić information content (AvgIpc) is 2.79. The van der Waals surface area contributed by atoms with Gasteiger partial charge in [0.1, 0.15) is 6.61 Å². The topological polar surface area (TPSA) is 127 Å². The number of benzene rings is 2. The van der Waals surface area contributed by atoms with Gasteiger partial charge in [-0.1, -0.05) is 50.6 Å². The van der Waals surface area contributed by atoms with E-state index in [1.807, 2.05) is 0 Å². The molecule has 0 saturated carbocycles. The lowest BCUT2D eigenvalue weighted by atomic mass is 9.91. The summed E-state index contributed by atoms with van der Waals surface area (Å²) in [5, 5.41) is 21.3. The summed E-state index contributed by atoms with van der Waals surface area (Å²) >= 11 is 6.08. The zero-order valence-corrected chi connectivity index (χ0v) is 18.6. The number of aromatic hydroxyl groups is 2. The zero-order valence-electron chi connectivity index (χ0n) is 17.9. The second-order valence-corrected chi connectivity index (χ2v) is 7.11. The van der Waals surface area contributed by atoms with Gasteiger partial charge < -0.3 is 19.7 Å². The van der Waals surface area contributed by atoms with Crippen molar-refractivity contribution in [1.29, 1.82) is 0 Å². The lowest BCUT2D eigenvalue weighted by Crippen LogP contribution is -2.20. The summed E-state index contributed by atoms with van der Waals surface area (Å²) in [5.74, 6) is -6.03. The van der Waals surface area contributed by atoms with E-state index in [1.54, 1.807) is 24.3 Å². The summed E-state index contributed by atoms with van der Waals surface area (Å²) in [7, 11) is 0. The van der Waals surface area contributed by atoms with Gasteiger partial charge in [0, 0.05) is 29.8 Å². The number of phenolic OH excluding ortho intramolecular Hbond substituents is 2. The van der Waals surface area contributed by atoms with Crippen LogP contribution in [0.5, 0.6) is 17.2 Å². The van der Waals surface area contributed by atoms with Crippen molar-refractivity contribution < 1.29 is 38.9 Å². The molecule has 0 fully saturated rings. The van der Waals surface area contributed by atoms with Crippen molar-refractivity contribution in [3.8, 4) is 17.2 Å². The zero-order chi connectivity index (χ0) is 24.0. The third kappa shape index (κ3) is 5.08. The van der Waals surface area contributed by atoms with Gasteiger partial charge in [-0.25, -0.2) is 4.79 Å². The smallest absolute Gasteiger partial charge is 0.340 e. The van der Waals surface area contributed by atoms with Crippen molar-refractivity contribution in [2.75, 3.05) is 0 Å². The third-order valence-electron chi connectivity index (χ3n) is 4.63. The molecule has 8 nitrogen and oxygen atoms in total. The lowest BCUT2D eigenvalue weighted by Gasteiger charge is -2.19. The molecule has 0 saturated heterocycles. The highest BCUT2D eigenvalue weighted by Gasteiger charge is 2.35. The Morgan fingerprint density at radius 3 is 2.00 bits per heavy atom. The fourth-order valence-electron chi connectivity index (χ4n) is 2.91. The molecule has 0 aliphatic rings. The molecule has 2 aromatic carbocycles. The molecule has 2 aromatic rings. The van der Waals surface area contributed by atoms with Gasteiger partial charge in [0.15, 0.2) is 23.1 Å². The first-order chi connectivity index (χ1) is 15.2. The number of ether oxygens (including phenoxy) is 2. The molecule has 0 bridgehead atoms. The van der Waals surface area contributed by atoms with Gasteiger partial charge in [0.05, 0.1) is 16.7 Å². The van der Waals surface area contributed by atoms with E-state index < -0.39 is 57.4 Å². The Balaban J connectivity index is 2.74. The lowest BCUT2D eigenvalue weighted by molar-refractivity contribution is -0.134. The van der Waals surface area contributed by atoms with Crippen LogP contribution < -0.4 is 4.74 Å². The number of esters is 2. The first-order valence-corrected chi connectivity index (χ1v) is 10.3. The van der Waals surface area contributed by atoms with Crippen molar-refractivity contribution >= 4 is 35.1 Å². The number of hydrogen-bond donors (Lipinski definition) is 2. The number of halogens is 1. The monoisotopic (exact) mass is 462 g/mol. The normalized spacial score (nSPS) is 10.5. The summed E-state index contributed by atoms with van der Waals surface area (Å²) in [6, 6.07) is 6.59. The molecular weight excluding hydrogens is 440 g/mol. The van der Waals surface area contributed by atoms with Crippen molar-refractivity contribution in [3.63, 3.8) is 0 Å². The Bertz CT molecular complexity index is 1070. The fourth-order valence-corrected chi connectivity index (χ4v) is 3.10. The quantitative estimate of drug-likeness (QED) is 0.239. The van der Waals surface area contributed by atoms with Gasteiger partial charge in [0.2, 0.25) is 5.75 Å². The predicted molar refractivity (Wildman–Crippen MR) is 116 cm³/mol. The predicted octanol–water partition coefficient (Wildman–Crippen LogP) is 4.61. The molecule has 0 aliphatic heterocycles. The number of Topliss-reactive ketones (excluding diaryl/α,β-unsaturated/α-hetero) is 2. The van der Waals surface area contributed by atoms with Crippen LogP contribution in [0.2, 0.25) is 5.02 Å². The molecule has 0 radical (unpaired) electrons. The average molecular weight is 463 g/mol. The van der Waals surface area contributed by atoms with Crippen LogP contribution in [0.4, 0.5) is 0 Å². The molecule has 170 valence electrons. The Labute approximate surface area is 189 Å². The van der Waals surface area contributed by atoms with Crippen molar-refractivity contribution in [3.05, 3.63) is 51.5 Å². The summed E-state index contributed by atoms with van der Waals surface area (Å²) in [5.41, 5.74) is -1.20. The van der Waals surface area contributed by atoms with Gasteiger partial charge in [-0.15, -0.1) is 0 Å². The number of rotatable bonds is 9. The van der Waals surface area contributed by atoms with Crippen LogP contribution in [0.25, 0.3) is 0 Å². The molecule has 0 spiro atoms. The van der Waals surface area contributed by atoms with Crippen LogP contribution in [0.1, 0.15) is 76.7 Å². The minimum Gasteiger partial charge on any atom is -0.504 e. The molecule has 0 unspecified atom stereocenters. The number of carbonyl (C=O) groups excluding carboxylic acids is 4. The van der Waals surface area contributed by atoms with E-state index in [0.29, 0.717) is 10.6 Å². The summed E-state index contributed by atoms with van der Waals surface area (Å²) < 4.78 is 10.3. The van der Waals surface area contributed by atoms with Crippen LogP contribution in [0.15, 0.2) is 24.3 Å². The minimum absolute atomic E-state index is 0.109. The fraction of sp³-hybridized carbons (Fsp3) is 0.304. The Morgan fingerprint density at radius 2 is 1.44 bits per heavy atom. The highest BCUT2D eigenvalue weighted by Crippen LogP contribution is 2.45. The first kappa shape index (κ1) is 24.9. The molecule has 2 N–H and O–H groups in total. The van der Waals surface area contributed by atoms with Crippen LogP contribution in [-0.4, -0.2) is 33.7 Å². The molecule has 0 atom stereocenters. The highest BCUT2D eigenvalue weighted by molar-refractivity contribution is 6.31. The van der Waals surface area contributed by atoms with Gasteiger partial charge in [-0.3, -0.25) is 14.4 Å². The highest BCUT2D eigenvalue weighted by atomic mass is 35.5. The van der Waals surface area contributed by atoms with E-state index >= 15 is 0 Å². The van der Waals surface area contributed by atoms with Crippen LogP contribution >= 0.6 is 11.6 Å². The van der Waals surface area contributed by atoms with E-state index in [1.165, 1.54) is 20.8 Å². The van der Waals surface area contributed by atoms with E-state index in [-0.39, 0.29) is 25.9 Å². The maximum absolute atomic E-state index is 13.1. The van der Waals surface area contributed by atoms with Crippen molar-refractivity contribution in [2.45, 2.75) is 46.6 Å². The summed E-state index contributed by atoms with van der Waals surface area (Å²) in [6.07, 6.45) is -0.404. The largest absolute Gasteiger partial charge is 0.504 e. The van der Waals surface area contributed by atoms with Gasteiger partial charge in [-0.2, -0.15) is 0 Å². The summed E-state index contributed by atoms with van der Waals surface area (Å²) in [6.45, 7) is 4.15. The molecule has 0 aliphatic carbocycles. The maximum Gasteiger partial charge on any atom is 0.340 e. The van der Waals surface area contributed by atoms with E-state index in [9.17, 15) is 29.4 Å². The van der Waals surface area contributed by atoms with Crippen molar-refractivity contribution in [1.82, 2.24) is 0 Å². The number of ketones is 2. The Hall–Kier alpha value is -3.39. The van der Waals surface area contributed by atoms with E-state index in [0.717, 1.165) is 0 Å². The van der Waals surface area contributed by atoms with E-state index in [4.69, 9.17) is 21.1 Å². The number of phenols is 2. The second-order valence-electron chi connectivity index (χ2n) is 6.70. The van der Waals surface area contributed by atoms with Crippen LogP contribution in [0.3, 0.4) is 0 Å². The third-order valence-corrected chi connectivity index (χ3v) is 5.00. The standard InChI is InChI=1S/C23H23ClO8/c1-4-14(25)17-19(23(30)31-11-12-9-7-8-10-13(12)24)18(15(26)5-2)22(21(29)20(17)28)32-16(27)6-3/h7-10,28-29H,4-6,11H2,1-3H3. The molecule has 0 heterocycles. The molecule has 0 amide bonds. The van der Waals surface area contributed by atoms with Gasteiger partial charge >= 0.3 is 11.9 Å². The van der Waals surface area contributed by atoms with Crippen LogP contribution in [-0.2, 0) is 16.1 Å². The van der Waals surface area contributed by atoms with Crippen LogP contribution in [0, 0.1) is 0 Å². The van der Waals surface area contributed by atoms with Crippen molar-refractivity contribution in [2.24, 2.45) is 0 Å². The Morgan fingerprint density at radius 1 is 0.844 bits per heavy atom. The molecule has 0 aromatic heterocycles. The maximum atomic E-state index is 13.1. The number of carbonyl (C=O) groups is 4. The van der Waals surface area contributed by atoms with E-state index in [2.05, 4.69) is 0 Å². The Kier molecular flexibility index (Phi) is 8.37. The SMILES string of the molecule is CCC(=O)Oc1c(O)c(O)c(C(=O)CC)c(C(=O)OCc2ccccc2Cl)c1C(=O)CC. The molecule has 9 heteroatoms. The van der Waals surface area contributed by atoms with Gasteiger partial charge in [0.25, 0.3) is 0 Å². The molecular formula is C23H23ClO8. The first-order valence-electron chi connectivity index (χ1n) is 9.97. The summed E-state index contributed by atoms with van der Waals surface area (Å²) in [4.78, 5) is 50.3.